The first-order valence-electron chi connectivity index (χ1n) is 6.82. The zero-order valence-corrected chi connectivity index (χ0v) is 12.7. The Kier molecular flexibility index (Phi) is 6.58. The molecule has 21 heavy (non-hydrogen) atoms. The van der Waals surface area contributed by atoms with E-state index < -0.39 is 4.92 Å². The Morgan fingerprint density at radius 3 is 2.90 bits per heavy atom. The van der Waals surface area contributed by atoms with Gasteiger partial charge in [0.05, 0.1) is 4.92 Å². The van der Waals surface area contributed by atoms with Crippen LogP contribution >= 0.6 is 12.4 Å². The molecule has 7 heteroatoms. The summed E-state index contributed by atoms with van der Waals surface area (Å²) in [4.78, 5) is 22.6. The van der Waals surface area contributed by atoms with Crippen molar-refractivity contribution in [2.45, 2.75) is 19.8 Å². The van der Waals surface area contributed by atoms with Crippen LogP contribution in [-0.2, 0) is 0 Å². The van der Waals surface area contributed by atoms with Crippen molar-refractivity contribution in [2.75, 3.05) is 19.6 Å². The minimum atomic E-state index is -0.495. The highest BCUT2D eigenvalue weighted by molar-refractivity contribution is 5.98. The van der Waals surface area contributed by atoms with Gasteiger partial charge >= 0.3 is 0 Å². The largest absolute Gasteiger partial charge is 0.352 e. The van der Waals surface area contributed by atoms with Gasteiger partial charge in [0.2, 0.25) is 0 Å². The lowest BCUT2D eigenvalue weighted by Gasteiger charge is -2.10. The van der Waals surface area contributed by atoms with Gasteiger partial charge in [0.25, 0.3) is 11.6 Å². The molecule has 1 fully saturated rings. The van der Waals surface area contributed by atoms with Crippen LogP contribution in [0, 0.1) is 23.0 Å². The molecular weight excluding hydrogens is 294 g/mol. The first-order chi connectivity index (χ1) is 9.59. The van der Waals surface area contributed by atoms with E-state index in [1.165, 1.54) is 6.07 Å². The van der Waals surface area contributed by atoms with Crippen LogP contribution in [0.2, 0.25) is 0 Å². The van der Waals surface area contributed by atoms with Crippen molar-refractivity contribution in [3.05, 3.63) is 39.4 Å². The number of nitro groups is 1. The van der Waals surface area contributed by atoms with Crippen molar-refractivity contribution in [3.8, 4) is 0 Å². The Bertz CT molecular complexity index is 516. The number of nitrogens with one attached hydrogen (secondary N) is 2. The highest BCUT2D eigenvalue weighted by Gasteiger charge is 2.22. The molecule has 1 atom stereocenters. The summed E-state index contributed by atoms with van der Waals surface area (Å²) >= 11 is 0. The first kappa shape index (κ1) is 17.4. The summed E-state index contributed by atoms with van der Waals surface area (Å²) in [6.07, 6.45) is 2.03. The molecule has 1 aromatic carbocycles. The molecule has 0 aliphatic carbocycles. The van der Waals surface area contributed by atoms with Gasteiger partial charge in [0.15, 0.2) is 0 Å². The zero-order valence-electron chi connectivity index (χ0n) is 11.9. The third kappa shape index (κ3) is 4.41. The molecule has 1 saturated heterocycles. The van der Waals surface area contributed by atoms with E-state index in [9.17, 15) is 14.9 Å². The molecule has 0 saturated carbocycles. The van der Waals surface area contributed by atoms with Gasteiger partial charge in [0, 0.05) is 12.1 Å². The molecule has 1 heterocycles. The maximum absolute atomic E-state index is 12.1. The second-order valence-corrected chi connectivity index (χ2v) is 5.13. The lowest BCUT2D eigenvalue weighted by atomic mass is 10.0. The highest BCUT2D eigenvalue weighted by Crippen LogP contribution is 2.22. The third-order valence-corrected chi connectivity index (χ3v) is 3.67. The van der Waals surface area contributed by atoms with Crippen LogP contribution in [0.3, 0.4) is 0 Å². The van der Waals surface area contributed by atoms with E-state index in [-0.39, 0.29) is 29.6 Å². The van der Waals surface area contributed by atoms with E-state index in [4.69, 9.17) is 0 Å². The fourth-order valence-electron chi connectivity index (χ4n) is 2.53. The average molecular weight is 314 g/mol. The Morgan fingerprint density at radius 2 is 2.29 bits per heavy atom. The van der Waals surface area contributed by atoms with Crippen LogP contribution in [0.4, 0.5) is 5.69 Å². The molecule has 116 valence electrons. The minimum absolute atomic E-state index is 0. The lowest BCUT2D eigenvalue weighted by molar-refractivity contribution is -0.385. The first-order valence-corrected chi connectivity index (χ1v) is 6.82. The van der Waals surface area contributed by atoms with Crippen LogP contribution in [-0.4, -0.2) is 30.5 Å². The molecule has 0 spiro atoms. The summed E-state index contributed by atoms with van der Waals surface area (Å²) in [6.45, 7) is 4.21. The molecule has 6 nitrogen and oxygen atoms in total. The van der Waals surface area contributed by atoms with Crippen LogP contribution in [0.1, 0.15) is 28.8 Å². The molecule has 1 unspecified atom stereocenters. The number of hydrogen-bond donors (Lipinski definition) is 2. The van der Waals surface area contributed by atoms with Crippen molar-refractivity contribution in [1.82, 2.24) is 10.6 Å². The van der Waals surface area contributed by atoms with Crippen LogP contribution in [0.5, 0.6) is 0 Å². The number of halogens is 1. The molecule has 0 bridgehead atoms. The Morgan fingerprint density at radius 1 is 1.52 bits per heavy atom. The van der Waals surface area contributed by atoms with Gasteiger partial charge in [-0.05, 0) is 44.8 Å². The molecule has 0 radical (unpaired) electrons. The second-order valence-electron chi connectivity index (χ2n) is 5.13. The van der Waals surface area contributed by atoms with Gasteiger partial charge in [-0.1, -0.05) is 12.1 Å². The summed E-state index contributed by atoms with van der Waals surface area (Å²) < 4.78 is 0. The Labute approximate surface area is 129 Å². The Hall–Kier alpha value is -1.66. The molecular formula is C14H20ClN3O3. The number of amides is 1. The number of carbonyl (C=O) groups is 1. The Balaban J connectivity index is 0.00000220. The van der Waals surface area contributed by atoms with Crippen molar-refractivity contribution in [3.63, 3.8) is 0 Å². The number of nitro benzene ring substituents is 1. The van der Waals surface area contributed by atoms with Crippen molar-refractivity contribution in [1.29, 1.82) is 0 Å². The lowest BCUT2D eigenvalue weighted by Crippen LogP contribution is -2.27. The maximum atomic E-state index is 12.1. The number of hydrogen-bond acceptors (Lipinski definition) is 4. The summed E-state index contributed by atoms with van der Waals surface area (Å²) in [5.74, 6) is 0.217. The van der Waals surface area contributed by atoms with E-state index in [0.29, 0.717) is 18.0 Å². The van der Waals surface area contributed by atoms with Crippen molar-refractivity contribution in [2.24, 2.45) is 5.92 Å². The van der Waals surface area contributed by atoms with E-state index in [0.717, 1.165) is 25.9 Å². The monoisotopic (exact) mass is 313 g/mol. The van der Waals surface area contributed by atoms with E-state index in [1.54, 1.807) is 19.1 Å². The van der Waals surface area contributed by atoms with Crippen molar-refractivity contribution >= 4 is 24.0 Å². The quantitative estimate of drug-likeness (QED) is 0.643. The van der Waals surface area contributed by atoms with Gasteiger partial charge in [-0.3, -0.25) is 14.9 Å². The fraction of sp³-hybridized carbons (Fsp3) is 0.500. The molecule has 0 aromatic heterocycles. The van der Waals surface area contributed by atoms with Crippen LogP contribution in [0.15, 0.2) is 18.2 Å². The van der Waals surface area contributed by atoms with Gasteiger partial charge in [-0.15, -0.1) is 12.4 Å². The molecule has 2 rings (SSSR count). The maximum Gasteiger partial charge on any atom is 0.285 e. The highest BCUT2D eigenvalue weighted by atomic mass is 35.5. The summed E-state index contributed by atoms with van der Waals surface area (Å²) in [5.41, 5.74) is 0.537. The zero-order chi connectivity index (χ0) is 14.5. The number of para-hydroxylation sites is 1. The number of rotatable bonds is 5. The van der Waals surface area contributed by atoms with Crippen molar-refractivity contribution < 1.29 is 9.72 Å². The number of aryl methyl sites for hydroxylation is 1. The van der Waals surface area contributed by atoms with E-state index in [2.05, 4.69) is 10.6 Å². The number of carbonyl (C=O) groups excluding carboxylic acids is 1. The van der Waals surface area contributed by atoms with Crippen LogP contribution in [0.25, 0.3) is 0 Å². The topological polar surface area (TPSA) is 84.3 Å². The predicted molar refractivity (Wildman–Crippen MR) is 83.0 cm³/mol. The minimum Gasteiger partial charge on any atom is -0.352 e. The van der Waals surface area contributed by atoms with Gasteiger partial charge < -0.3 is 10.6 Å². The third-order valence-electron chi connectivity index (χ3n) is 3.67. The van der Waals surface area contributed by atoms with E-state index in [1.807, 2.05) is 0 Å². The predicted octanol–water partition coefficient (Wildman–Crippen LogP) is 2.05. The van der Waals surface area contributed by atoms with Gasteiger partial charge in [0.1, 0.15) is 5.56 Å². The summed E-state index contributed by atoms with van der Waals surface area (Å²) in [6, 6.07) is 4.80. The normalized spacial score (nSPS) is 17.1. The fourth-order valence-corrected chi connectivity index (χ4v) is 2.53. The second kappa shape index (κ2) is 7.95. The molecule has 1 amide bonds. The van der Waals surface area contributed by atoms with Crippen LogP contribution < -0.4 is 10.6 Å². The summed E-state index contributed by atoms with van der Waals surface area (Å²) in [7, 11) is 0. The smallest absolute Gasteiger partial charge is 0.285 e. The van der Waals surface area contributed by atoms with Gasteiger partial charge in [-0.2, -0.15) is 0 Å². The van der Waals surface area contributed by atoms with Gasteiger partial charge in [-0.25, -0.2) is 0 Å². The molecule has 1 aromatic rings. The number of benzene rings is 1. The van der Waals surface area contributed by atoms with E-state index >= 15 is 0 Å². The standard InChI is InChI=1S/C14H19N3O3.ClH/c1-10-3-2-4-12(13(10)17(19)20)14(18)16-8-6-11-5-7-15-9-11;/h2-4,11,15H,5-9H2,1H3,(H,16,18);1H. The summed E-state index contributed by atoms with van der Waals surface area (Å²) in [5, 5.41) is 17.1. The molecule has 1 aliphatic rings. The number of nitrogens with zero attached hydrogens (tertiary/aromatic N) is 1. The molecule has 1 aliphatic heterocycles. The average Bonchev–Trinajstić information content (AvgIpc) is 2.91. The SMILES string of the molecule is Cc1cccc(C(=O)NCCC2CCNC2)c1[N+](=O)[O-].Cl. The molecule has 2 N–H and O–H groups in total.